The fourth-order valence-corrected chi connectivity index (χ4v) is 5.54. The van der Waals surface area contributed by atoms with Crippen LogP contribution < -0.4 is 10.6 Å². The number of ketones is 1. The van der Waals surface area contributed by atoms with Crippen molar-refractivity contribution in [3.63, 3.8) is 0 Å². The van der Waals surface area contributed by atoms with Crippen LogP contribution >= 0.6 is 0 Å². The van der Waals surface area contributed by atoms with Crippen molar-refractivity contribution in [1.82, 2.24) is 10.6 Å². The van der Waals surface area contributed by atoms with Gasteiger partial charge in [0.1, 0.15) is 12.4 Å². The van der Waals surface area contributed by atoms with E-state index in [2.05, 4.69) is 51.1 Å². The quantitative estimate of drug-likeness (QED) is 0.344. The predicted molar refractivity (Wildman–Crippen MR) is 119 cm³/mol. The van der Waals surface area contributed by atoms with Crippen LogP contribution in [0, 0.1) is 17.8 Å². The van der Waals surface area contributed by atoms with E-state index in [1.807, 2.05) is 6.92 Å². The lowest BCUT2D eigenvalue weighted by Crippen LogP contribution is -2.68. The molecule has 1 heterocycles. The Morgan fingerprint density at radius 3 is 2.57 bits per heavy atom. The van der Waals surface area contributed by atoms with Crippen molar-refractivity contribution in [2.45, 2.75) is 77.2 Å². The van der Waals surface area contributed by atoms with Gasteiger partial charge < -0.3 is 19.8 Å². The first-order valence-corrected chi connectivity index (χ1v) is 13.8. The molecular formula is C22H38N2O5Si. The Balaban J connectivity index is 2.00. The second kappa shape index (κ2) is 9.64. The van der Waals surface area contributed by atoms with Gasteiger partial charge in [0.15, 0.2) is 8.32 Å². The highest BCUT2D eigenvalue weighted by atomic mass is 28.4. The molecule has 0 aromatic heterocycles. The molecule has 2 amide bonds. The lowest BCUT2D eigenvalue weighted by atomic mass is 9.69. The molecule has 0 aromatic carbocycles. The first kappa shape index (κ1) is 24.6. The number of ether oxygens (including phenoxy) is 1. The normalized spacial score (nSPS) is 28.2. The summed E-state index contributed by atoms with van der Waals surface area (Å²) in [4.78, 5) is 37.2. The highest BCUT2D eigenvalue weighted by molar-refractivity contribution is 6.74. The van der Waals surface area contributed by atoms with Crippen molar-refractivity contribution in [2.24, 2.45) is 17.8 Å². The SMILES string of the molecule is C=CCOC(=O)NC[C@H]1CCC[C@H]([C@H]2NC(=O)[C@@H]2[C@@H](C)O[Si](C)(C)C(C)(C)C)C1=O. The third-order valence-corrected chi connectivity index (χ3v) is 11.5. The molecule has 170 valence electrons. The Bertz CT molecular complexity index is 673. The minimum atomic E-state index is -2.02. The van der Waals surface area contributed by atoms with Gasteiger partial charge in [-0.2, -0.15) is 0 Å². The number of Topliss-reactive ketones (excluding diaryl/α,β-unsaturated/α-hetero) is 1. The van der Waals surface area contributed by atoms with Gasteiger partial charge in [-0.3, -0.25) is 9.59 Å². The highest BCUT2D eigenvalue weighted by Crippen LogP contribution is 2.41. The Morgan fingerprint density at radius 1 is 1.33 bits per heavy atom. The molecule has 0 aromatic rings. The number of rotatable bonds is 8. The summed E-state index contributed by atoms with van der Waals surface area (Å²) in [7, 11) is -2.02. The number of hydrogen-bond donors (Lipinski definition) is 2. The predicted octanol–water partition coefficient (Wildman–Crippen LogP) is 3.41. The zero-order valence-electron chi connectivity index (χ0n) is 19.2. The van der Waals surface area contributed by atoms with Gasteiger partial charge in [0.05, 0.1) is 18.1 Å². The van der Waals surface area contributed by atoms with Crippen LogP contribution in [0.25, 0.3) is 0 Å². The number of carbonyl (C=O) groups is 3. The van der Waals surface area contributed by atoms with Gasteiger partial charge in [-0.05, 0) is 37.9 Å². The molecule has 0 unspecified atom stereocenters. The van der Waals surface area contributed by atoms with Gasteiger partial charge in [-0.25, -0.2) is 4.79 Å². The lowest BCUT2D eigenvalue weighted by molar-refractivity contribution is -0.146. The molecule has 1 saturated carbocycles. The molecule has 2 N–H and O–H groups in total. The molecule has 7 nitrogen and oxygen atoms in total. The van der Waals surface area contributed by atoms with Crippen LogP contribution in [-0.4, -0.2) is 51.4 Å². The summed E-state index contributed by atoms with van der Waals surface area (Å²) in [6.07, 6.45) is 3.10. The molecule has 0 bridgehead atoms. The zero-order valence-corrected chi connectivity index (χ0v) is 20.2. The molecule has 1 saturated heterocycles. The van der Waals surface area contributed by atoms with Crippen LogP contribution in [0.2, 0.25) is 18.1 Å². The van der Waals surface area contributed by atoms with Crippen LogP contribution in [0.3, 0.4) is 0 Å². The highest BCUT2D eigenvalue weighted by Gasteiger charge is 2.52. The molecule has 2 rings (SSSR count). The minimum absolute atomic E-state index is 0.0349. The topological polar surface area (TPSA) is 93.7 Å². The molecular weight excluding hydrogens is 400 g/mol. The number of hydrogen-bond acceptors (Lipinski definition) is 5. The van der Waals surface area contributed by atoms with Gasteiger partial charge in [0, 0.05) is 18.4 Å². The van der Waals surface area contributed by atoms with Crippen LogP contribution in [-0.2, 0) is 18.8 Å². The second-order valence-electron chi connectivity index (χ2n) is 10.0. The van der Waals surface area contributed by atoms with Crippen molar-refractivity contribution in [1.29, 1.82) is 0 Å². The molecule has 2 fully saturated rings. The summed E-state index contributed by atoms with van der Waals surface area (Å²) in [6, 6.07) is -0.194. The maximum absolute atomic E-state index is 13.1. The fraction of sp³-hybridized carbons (Fsp3) is 0.773. The fourth-order valence-electron chi connectivity index (χ4n) is 4.11. The van der Waals surface area contributed by atoms with Crippen molar-refractivity contribution < 1.29 is 23.5 Å². The number of alkyl carbamates (subject to hydrolysis) is 1. The maximum Gasteiger partial charge on any atom is 0.407 e. The molecule has 0 radical (unpaired) electrons. The van der Waals surface area contributed by atoms with E-state index < -0.39 is 14.4 Å². The van der Waals surface area contributed by atoms with Gasteiger partial charge in [-0.1, -0.05) is 39.8 Å². The standard InChI is InChI=1S/C22H38N2O5Si/c1-8-12-28-21(27)23-13-15-10-9-11-16(19(15)25)18-17(20(26)24-18)14(2)29-30(6,7)22(3,4)5/h8,14-18H,1,9-13H2,2-7H3,(H,23,27)(H,24,26)/t14-,15-,16-,17-,18-/m1/s1. The first-order valence-electron chi connectivity index (χ1n) is 10.9. The van der Waals surface area contributed by atoms with Gasteiger partial charge >= 0.3 is 6.09 Å². The molecule has 2 aliphatic rings. The average molecular weight is 439 g/mol. The van der Waals surface area contributed by atoms with E-state index in [0.29, 0.717) is 0 Å². The van der Waals surface area contributed by atoms with Gasteiger partial charge in [0.25, 0.3) is 0 Å². The summed E-state index contributed by atoms with van der Waals surface area (Å²) in [5.74, 6) is -0.720. The second-order valence-corrected chi connectivity index (χ2v) is 14.8. The maximum atomic E-state index is 13.1. The van der Waals surface area contributed by atoms with Crippen LogP contribution in [0.5, 0.6) is 0 Å². The van der Waals surface area contributed by atoms with E-state index in [1.165, 1.54) is 6.08 Å². The molecule has 1 aliphatic carbocycles. The van der Waals surface area contributed by atoms with E-state index >= 15 is 0 Å². The van der Waals surface area contributed by atoms with E-state index in [0.717, 1.165) is 19.3 Å². The Morgan fingerprint density at radius 2 is 2.00 bits per heavy atom. The lowest BCUT2D eigenvalue weighted by Gasteiger charge is -2.48. The van der Waals surface area contributed by atoms with Crippen LogP contribution in [0.4, 0.5) is 4.79 Å². The van der Waals surface area contributed by atoms with Crippen molar-refractivity contribution in [2.75, 3.05) is 13.2 Å². The first-order chi connectivity index (χ1) is 13.9. The Hall–Kier alpha value is -1.67. The van der Waals surface area contributed by atoms with E-state index in [-0.39, 0.29) is 59.8 Å². The Labute approximate surface area is 181 Å². The van der Waals surface area contributed by atoms with E-state index in [9.17, 15) is 14.4 Å². The number of nitrogens with one attached hydrogen (secondary N) is 2. The molecule has 0 spiro atoms. The number of carbonyl (C=O) groups excluding carboxylic acids is 3. The molecule has 1 aliphatic heterocycles. The summed E-state index contributed by atoms with van der Waals surface area (Å²) >= 11 is 0. The van der Waals surface area contributed by atoms with Crippen LogP contribution in [0.1, 0.15) is 47.0 Å². The van der Waals surface area contributed by atoms with E-state index in [1.54, 1.807) is 0 Å². The number of amides is 2. The number of β-lactam (4-membered cyclic amide) rings is 1. The summed E-state index contributed by atoms with van der Waals surface area (Å²) in [5.41, 5.74) is 0. The monoisotopic (exact) mass is 438 g/mol. The van der Waals surface area contributed by atoms with Crippen molar-refractivity contribution in [3.8, 4) is 0 Å². The molecule has 8 heteroatoms. The summed E-state index contributed by atoms with van der Waals surface area (Å²) in [5, 5.41) is 5.68. The summed E-state index contributed by atoms with van der Waals surface area (Å²) in [6.45, 7) is 16.7. The minimum Gasteiger partial charge on any atom is -0.445 e. The average Bonchev–Trinajstić information content (AvgIpc) is 2.62. The van der Waals surface area contributed by atoms with E-state index in [4.69, 9.17) is 9.16 Å². The molecule has 5 atom stereocenters. The Kier molecular flexibility index (Phi) is 7.90. The smallest absolute Gasteiger partial charge is 0.407 e. The third kappa shape index (κ3) is 5.52. The van der Waals surface area contributed by atoms with Gasteiger partial charge in [0.2, 0.25) is 5.91 Å². The van der Waals surface area contributed by atoms with Crippen molar-refractivity contribution in [3.05, 3.63) is 12.7 Å². The zero-order chi connectivity index (χ0) is 22.7. The summed E-state index contributed by atoms with van der Waals surface area (Å²) < 4.78 is 11.4. The van der Waals surface area contributed by atoms with Crippen LogP contribution in [0.15, 0.2) is 12.7 Å². The third-order valence-electron chi connectivity index (χ3n) is 6.89. The van der Waals surface area contributed by atoms with Crippen molar-refractivity contribution >= 4 is 26.1 Å². The largest absolute Gasteiger partial charge is 0.445 e. The molecule has 30 heavy (non-hydrogen) atoms. The van der Waals surface area contributed by atoms with Gasteiger partial charge in [-0.15, -0.1) is 0 Å².